The first-order chi connectivity index (χ1) is 8.66. The molecule has 0 fully saturated rings. The number of carbonyl (C=O) groups excluding carboxylic acids is 1. The van der Waals surface area contributed by atoms with E-state index in [9.17, 15) is 4.79 Å². The van der Waals surface area contributed by atoms with Crippen molar-refractivity contribution < 1.29 is 4.79 Å². The smallest absolute Gasteiger partial charge is 0.253 e. The molecule has 0 atom stereocenters. The fourth-order valence-corrected chi connectivity index (χ4v) is 1.50. The van der Waals surface area contributed by atoms with Crippen LogP contribution < -0.4 is 11.1 Å². The van der Waals surface area contributed by atoms with Crippen molar-refractivity contribution in [3.63, 3.8) is 0 Å². The summed E-state index contributed by atoms with van der Waals surface area (Å²) in [5.41, 5.74) is 8.04. The molecule has 0 radical (unpaired) electrons. The van der Waals surface area contributed by atoms with Gasteiger partial charge in [-0.2, -0.15) is 0 Å². The zero-order valence-electron chi connectivity index (χ0n) is 10.1. The third-order valence-electron chi connectivity index (χ3n) is 2.64. The second-order valence-electron chi connectivity index (χ2n) is 3.96. The number of pyridine rings is 2. The van der Waals surface area contributed by atoms with E-state index < -0.39 is 0 Å². The number of aryl methyl sites for hydroxylation is 1. The van der Waals surface area contributed by atoms with Crippen molar-refractivity contribution in [3.8, 4) is 0 Å². The molecule has 2 heterocycles. The summed E-state index contributed by atoms with van der Waals surface area (Å²) in [5, 5.41) is 2.82. The second-order valence-corrected chi connectivity index (χ2v) is 3.96. The standard InChI is InChI=1S/C13H14N4O/c1-9-4-5-15-6-11(9)8-17-13(18)10-2-3-12(14)16-7-10/h2-7H,8H2,1H3,(H2,14,16)(H,17,18). The molecule has 0 unspecified atom stereocenters. The molecular weight excluding hydrogens is 228 g/mol. The lowest BCUT2D eigenvalue weighted by molar-refractivity contribution is 0.0950. The van der Waals surface area contributed by atoms with Crippen molar-refractivity contribution in [2.24, 2.45) is 0 Å². The van der Waals surface area contributed by atoms with Gasteiger partial charge in [0.1, 0.15) is 5.82 Å². The van der Waals surface area contributed by atoms with Gasteiger partial charge in [0.25, 0.3) is 5.91 Å². The van der Waals surface area contributed by atoms with Crippen LogP contribution in [0.25, 0.3) is 0 Å². The third kappa shape index (κ3) is 2.82. The third-order valence-corrected chi connectivity index (χ3v) is 2.64. The number of nitrogens with two attached hydrogens (primary N) is 1. The Hall–Kier alpha value is -2.43. The molecule has 0 bridgehead atoms. The van der Waals surface area contributed by atoms with E-state index in [0.29, 0.717) is 17.9 Å². The van der Waals surface area contributed by atoms with Crippen molar-refractivity contribution in [1.29, 1.82) is 0 Å². The van der Waals surface area contributed by atoms with Gasteiger partial charge in [0.2, 0.25) is 0 Å². The van der Waals surface area contributed by atoms with Gasteiger partial charge < -0.3 is 11.1 Å². The van der Waals surface area contributed by atoms with E-state index in [0.717, 1.165) is 11.1 Å². The summed E-state index contributed by atoms with van der Waals surface area (Å²) in [7, 11) is 0. The van der Waals surface area contributed by atoms with E-state index in [-0.39, 0.29) is 5.91 Å². The molecule has 2 aromatic rings. The van der Waals surface area contributed by atoms with Crippen LogP contribution in [-0.4, -0.2) is 15.9 Å². The fourth-order valence-electron chi connectivity index (χ4n) is 1.50. The van der Waals surface area contributed by atoms with Crippen molar-refractivity contribution >= 4 is 11.7 Å². The Kier molecular flexibility index (Phi) is 3.52. The van der Waals surface area contributed by atoms with E-state index in [1.165, 1.54) is 6.20 Å². The van der Waals surface area contributed by atoms with Crippen LogP contribution in [0.4, 0.5) is 5.82 Å². The highest BCUT2D eigenvalue weighted by atomic mass is 16.1. The van der Waals surface area contributed by atoms with Gasteiger partial charge in [-0.15, -0.1) is 0 Å². The Bertz CT molecular complexity index is 551. The van der Waals surface area contributed by atoms with Gasteiger partial charge in [-0.1, -0.05) is 0 Å². The van der Waals surface area contributed by atoms with Gasteiger partial charge in [-0.25, -0.2) is 4.98 Å². The number of anilines is 1. The number of hydrogen-bond acceptors (Lipinski definition) is 4. The molecule has 0 aliphatic heterocycles. The zero-order chi connectivity index (χ0) is 13.0. The molecule has 2 rings (SSSR count). The first-order valence-corrected chi connectivity index (χ1v) is 5.56. The van der Waals surface area contributed by atoms with Crippen molar-refractivity contribution in [2.75, 3.05) is 5.73 Å². The van der Waals surface area contributed by atoms with Gasteiger partial charge in [-0.05, 0) is 36.2 Å². The van der Waals surface area contributed by atoms with E-state index in [4.69, 9.17) is 5.73 Å². The monoisotopic (exact) mass is 242 g/mol. The molecule has 0 spiro atoms. The van der Waals surface area contributed by atoms with E-state index in [2.05, 4.69) is 15.3 Å². The number of rotatable bonds is 3. The Morgan fingerprint density at radius 3 is 2.83 bits per heavy atom. The second kappa shape index (κ2) is 5.27. The lowest BCUT2D eigenvalue weighted by Crippen LogP contribution is -2.23. The highest BCUT2D eigenvalue weighted by Crippen LogP contribution is 2.05. The number of carbonyl (C=O) groups is 1. The van der Waals surface area contributed by atoms with Crippen LogP contribution in [0.5, 0.6) is 0 Å². The molecule has 0 aliphatic carbocycles. The Morgan fingerprint density at radius 1 is 1.33 bits per heavy atom. The van der Waals surface area contributed by atoms with Crippen LogP contribution in [0.2, 0.25) is 0 Å². The maximum absolute atomic E-state index is 11.8. The molecule has 0 aliphatic rings. The minimum absolute atomic E-state index is 0.175. The number of amides is 1. The molecule has 0 saturated heterocycles. The molecule has 18 heavy (non-hydrogen) atoms. The Morgan fingerprint density at radius 2 is 2.17 bits per heavy atom. The molecule has 1 amide bonds. The highest BCUT2D eigenvalue weighted by Gasteiger charge is 2.06. The lowest BCUT2D eigenvalue weighted by atomic mass is 10.1. The first kappa shape index (κ1) is 12.0. The number of nitrogen functional groups attached to an aromatic ring is 1. The summed E-state index contributed by atoms with van der Waals surface area (Å²) in [6.07, 6.45) is 4.93. The SMILES string of the molecule is Cc1ccncc1CNC(=O)c1ccc(N)nc1. The van der Waals surface area contributed by atoms with Crippen LogP contribution in [0.3, 0.4) is 0 Å². The average molecular weight is 242 g/mol. The predicted molar refractivity (Wildman–Crippen MR) is 68.8 cm³/mol. The van der Waals surface area contributed by atoms with Gasteiger partial charge in [0.05, 0.1) is 5.56 Å². The minimum Gasteiger partial charge on any atom is -0.384 e. The number of hydrogen-bond donors (Lipinski definition) is 2. The number of nitrogens with one attached hydrogen (secondary N) is 1. The van der Waals surface area contributed by atoms with Crippen LogP contribution in [0, 0.1) is 6.92 Å². The topological polar surface area (TPSA) is 80.9 Å². The molecule has 0 saturated carbocycles. The van der Waals surface area contributed by atoms with E-state index in [1.807, 2.05) is 13.0 Å². The van der Waals surface area contributed by atoms with Crippen LogP contribution in [-0.2, 0) is 6.54 Å². The Balaban J connectivity index is 2.01. The summed E-state index contributed by atoms with van der Waals surface area (Å²) < 4.78 is 0. The first-order valence-electron chi connectivity index (χ1n) is 5.56. The maximum atomic E-state index is 11.8. The predicted octanol–water partition coefficient (Wildman–Crippen LogP) is 1.30. The summed E-state index contributed by atoms with van der Waals surface area (Å²) in [4.78, 5) is 19.7. The van der Waals surface area contributed by atoms with Gasteiger partial charge in [-0.3, -0.25) is 9.78 Å². The molecule has 5 nitrogen and oxygen atoms in total. The summed E-state index contributed by atoms with van der Waals surface area (Å²) in [6, 6.07) is 5.16. The summed E-state index contributed by atoms with van der Waals surface area (Å²) in [6.45, 7) is 2.43. The fraction of sp³-hybridized carbons (Fsp3) is 0.154. The normalized spacial score (nSPS) is 10.1. The number of aromatic nitrogens is 2. The molecule has 3 N–H and O–H groups in total. The molecular formula is C13H14N4O. The van der Waals surface area contributed by atoms with Gasteiger partial charge in [0.15, 0.2) is 0 Å². The zero-order valence-corrected chi connectivity index (χ0v) is 10.1. The molecule has 0 aromatic carbocycles. The lowest BCUT2D eigenvalue weighted by Gasteiger charge is -2.07. The number of nitrogens with zero attached hydrogens (tertiary/aromatic N) is 2. The highest BCUT2D eigenvalue weighted by molar-refractivity contribution is 5.93. The molecule has 92 valence electrons. The summed E-state index contributed by atoms with van der Waals surface area (Å²) in [5.74, 6) is 0.223. The van der Waals surface area contributed by atoms with Crippen molar-refractivity contribution in [1.82, 2.24) is 15.3 Å². The average Bonchev–Trinajstić information content (AvgIpc) is 2.38. The quantitative estimate of drug-likeness (QED) is 0.850. The summed E-state index contributed by atoms with van der Waals surface area (Å²) >= 11 is 0. The van der Waals surface area contributed by atoms with Crippen LogP contribution >= 0.6 is 0 Å². The minimum atomic E-state index is -0.175. The molecule has 5 heteroatoms. The van der Waals surface area contributed by atoms with E-state index >= 15 is 0 Å². The maximum Gasteiger partial charge on any atom is 0.253 e. The largest absolute Gasteiger partial charge is 0.384 e. The van der Waals surface area contributed by atoms with Crippen molar-refractivity contribution in [3.05, 3.63) is 53.5 Å². The van der Waals surface area contributed by atoms with Crippen LogP contribution in [0.15, 0.2) is 36.8 Å². The molecule has 2 aromatic heterocycles. The van der Waals surface area contributed by atoms with Crippen molar-refractivity contribution in [2.45, 2.75) is 13.5 Å². The van der Waals surface area contributed by atoms with Gasteiger partial charge in [0, 0.05) is 25.1 Å². The Labute approximate surface area is 105 Å². The van der Waals surface area contributed by atoms with Crippen LogP contribution in [0.1, 0.15) is 21.5 Å². The van der Waals surface area contributed by atoms with Gasteiger partial charge >= 0.3 is 0 Å². The van der Waals surface area contributed by atoms with E-state index in [1.54, 1.807) is 24.5 Å².